The van der Waals surface area contributed by atoms with E-state index in [-0.39, 0.29) is 30.8 Å². The van der Waals surface area contributed by atoms with E-state index in [0.717, 1.165) is 22.7 Å². The average molecular weight is 559 g/mol. The molecule has 2 aromatic rings. The van der Waals surface area contributed by atoms with Gasteiger partial charge in [0.2, 0.25) is 5.88 Å². The molecule has 1 aromatic heterocycles. The van der Waals surface area contributed by atoms with Crippen molar-refractivity contribution in [3.63, 3.8) is 0 Å². The van der Waals surface area contributed by atoms with Gasteiger partial charge in [0, 0.05) is 12.6 Å². The van der Waals surface area contributed by atoms with Gasteiger partial charge in [-0.3, -0.25) is 9.10 Å². The Morgan fingerprint density at radius 1 is 1.26 bits per heavy atom. The summed E-state index contributed by atoms with van der Waals surface area (Å²) in [5.41, 5.74) is 0.546. The molecule has 0 bridgehead atoms. The minimum Gasteiger partial charge on any atom is -0.486 e. The quantitative estimate of drug-likeness (QED) is 0.413. The lowest BCUT2D eigenvalue weighted by Gasteiger charge is -2.36. The number of aliphatic hydroxyl groups is 1. The Hall–Kier alpha value is -3.32. The number of anilines is 1. The molecule has 2 N–H and O–H groups in total. The van der Waals surface area contributed by atoms with Gasteiger partial charge in [0.05, 0.1) is 24.4 Å². The Morgan fingerprint density at radius 2 is 1.97 bits per heavy atom. The number of rotatable bonds is 11. The smallest absolute Gasteiger partial charge is 0.417 e. The Morgan fingerprint density at radius 3 is 2.58 bits per heavy atom. The number of aliphatic carboxylic acids is 1. The Labute approximate surface area is 218 Å². The first-order chi connectivity index (χ1) is 17.9. The van der Waals surface area contributed by atoms with Crippen molar-refractivity contribution in [2.24, 2.45) is 0 Å². The van der Waals surface area contributed by atoms with Gasteiger partial charge in [-0.2, -0.15) is 13.2 Å². The molecule has 0 amide bonds. The molecule has 38 heavy (non-hydrogen) atoms. The summed E-state index contributed by atoms with van der Waals surface area (Å²) in [5, 5.41) is 18.2. The van der Waals surface area contributed by atoms with E-state index in [1.807, 2.05) is 19.9 Å². The summed E-state index contributed by atoms with van der Waals surface area (Å²) in [7, 11) is -4.73. The number of alkyl halides is 3. The van der Waals surface area contributed by atoms with Crippen LogP contribution in [0.25, 0.3) is 6.08 Å². The van der Waals surface area contributed by atoms with Crippen molar-refractivity contribution < 1.29 is 46.1 Å². The lowest BCUT2D eigenvalue weighted by molar-refractivity contribution is -0.138. The van der Waals surface area contributed by atoms with Crippen molar-refractivity contribution in [2.45, 2.75) is 56.7 Å². The molecule has 0 aliphatic carbocycles. The first kappa shape index (κ1) is 29.2. The maximum Gasteiger partial charge on any atom is 0.417 e. The molecule has 0 radical (unpaired) electrons. The SMILES string of the molecule is CCC(=Cc1ccc2c(c1)N(S(=O)(=O)c1cc(C(F)(F)F)cnc1OCCO)CC(CCC(=O)O)O2)CC. The number of carboxylic acid groups (broad SMARTS) is 1. The molecule has 13 heteroatoms. The maximum absolute atomic E-state index is 13.9. The summed E-state index contributed by atoms with van der Waals surface area (Å²) < 4.78 is 80.3. The average Bonchev–Trinajstić information content (AvgIpc) is 2.88. The minimum atomic E-state index is -4.88. The van der Waals surface area contributed by atoms with E-state index in [1.165, 1.54) is 0 Å². The van der Waals surface area contributed by atoms with Crippen LogP contribution in [0.2, 0.25) is 0 Å². The highest BCUT2D eigenvalue weighted by atomic mass is 32.2. The predicted molar refractivity (Wildman–Crippen MR) is 133 cm³/mol. The second-order valence-corrected chi connectivity index (χ2v) is 10.4. The zero-order valence-electron chi connectivity index (χ0n) is 20.9. The molecule has 0 fully saturated rings. The van der Waals surface area contributed by atoms with Crippen LogP contribution in [-0.2, 0) is 21.0 Å². The van der Waals surface area contributed by atoms with Crippen molar-refractivity contribution in [3.8, 4) is 11.6 Å². The first-order valence-corrected chi connectivity index (χ1v) is 13.4. The van der Waals surface area contributed by atoms with Crippen molar-refractivity contribution in [1.29, 1.82) is 0 Å². The summed E-state index contributed by atoms with van der Waals surface area (Å²) in [6.45, 7) is 2.70. The summed E-state index contributed by atoms with van der Waals surface area (Å²) in [5.74, 6) is -1.57. The molecule has 0 saturated heterocycles. The minimum absolute atomic E-state index is 0.0347. The maximum atomic E-state index is 13.9. The van der Waals surface area contributed by atoms with Gasteiger partial charge in [0.25, 0.3) is 10.0 Å². The van der Waals surface area contributed by atoms with Gasteiger partial charge in [-0.1, -0.05) is 31.6 Å². The highest BCUT2D eigenvalue weighted by Gasteiger charge is 2.39. The number of ether oxygens (including phenoxy) is 2. The molecule has 9 nitrogen and oxygen atoms in total. The lowest BCUT2D eigenvalue weighted by atomic mass is 10.0. The van der Waals surface area contributed by atoms with E-state index in [0.29, 0.717) is 17.8 Å². The Bertz CT molecular complexity index is 1290. The molecule has 1 aromatic carbocycles. The van der Waals surface area contributed by atoms with Crippen LogP contribution in [0.4, 0.5) is 18.9 Å². The van der Waals surface area contributed by atoms with E-state index < -0.39 is 57.8 Å². The number of aromatic nitrogens is 1. The van der Waals surface area contributed by atoms with Crippen molar-refractivity contribution in [1.82, 2.24) is 4.98 Å². The molecule has 0 saturated carbocycles. The Balaban J connectivity index is 2.18. The topological polar surface area (TPSA) is 126 Å². The van der Waals surface area contributed by atoms with Gasteiger partial charge >= 0.3 is 12.1 Å². The second-order valence-electron chi connectivity index (χ2n) is 8.54. The third-order valence-electron chi connectivity index (χ3n) is 5.92. The number of hydrogen-bond acceptors (Lipinski definition) is 7. The van der Waals surface area contributed by atoms with Gasteiger partial charge in [0.1, 0.15) is 18.5 Å². The molecule has 1 aliphatic rings. The molecule has 1 aliphatic heterocycles. The number of hydrogen-bond donors (Lipinski definition) is 2. The number of nitrogens with zero attached hydrogens (tertiary/aromatic N) is 2. The van der Waals surface area contributed by atoms with Crippen LogP contribution in [0.1, 0.15) is 50.7 Å². The first-order valence-electron chi connectivity index (χ1n) is 12.0. The van der Waals surface area contributed by atoms with Gasteiger partial charge in [-0.15, -0.1) is 0 Å². The Kier molecular flexibility index (Phi) is 9.26. The highest BCUT2D eigenvalue weighted by Crippen LogP contribution is 2.41. The molecule has 1 unspecified atom stereocenters. The molecule has 1 atom stereocenters. The van der Waals surface area contributed by atoms with E-state index in [1.54, 1.807) is 18.2 Å². The number of allylic oxidation sites excluding steroid dienone is 1. The van der Waals surface area contributed by atoms with E-state index in [9.17, 15) is 26.4 Å². The van der Waals surface area contributed by atoms with Crippen LogP contribution in [0.3, 0.4) is 0 Å². The van der Waals surface area contributed by atoms with Crippen LogP contribution >= 0.6 is 0 Å². The monoisotopic (exact) mass is 558 g/mol. The number of aliphatic hydroxyl groups excluding tert-OH is 1. The molecular weight excluding hydrogens is 529 g/mol. The van der Waals surface area contributed by atoms with E-state index >= 15 is 0 Å². The highest BCUT2D eigenvalue weighted by molar-refractivity contribution is 7.93. The van der Waals surface area contributed by atoms with Gasteiger partial charge in [-0.25, -0.2) is 13.4 Å². The summed E-state index contributed by atoms with van der Waals surface area (Å²) in [6, 6.07) is 5.26. The van der Waals surface area contributed by atoms with Crippen LogP contribution in [0.5, 0.6) is 11.6 Å². The third-order valence-corrected chi connectivity index (χ3v) is 7.69. The fourth-order valence-corrected chi connectivity index (χ4v) is 5.52. The fourth-order valence-electron chi connectivity index (χ4n) is 3.91. The summed E-state index contributed by atoms with van der Waals surface area (Å²) >= 11 is 0. The fraction of sp³-hybridized carbons (Fsp3) is 0.440. The molecule has 208 valence electrons. The van der Waals surface area contributed by atoms with E-state index in [4.69, 9.17) is 19.7 Å². The van der Waals surface area contributed by atoms with Gasteiger partial charge < -0.3 is 19.7 Å². The number of halogens is 3. The van der Waals surface area contributed by atoms with Gasteiger partial charge in [0.15, 0.2) is 4.90 Å². The number of sulfonamides is 1. The van der Waals surface area contributed by atoms with Crippen molar-refractivity contribution in [3.05, 3.63) is 47.2 Å². The van der Waals surface area contributed by atoms with Crippen LogP contribution in [0, 0.1) is 0 Å². The van der Waals surface area contributed by atoms with Crippen LogP contribution in [0.15, 0.2) is 40.9 Å². The van der Waals surface area contributed by atoms with Crippen LogP contribution in [-0.4, -0.2) is 55.4 Å². The number of carboxylic acids is 1. The number of carbonyl (C=O) groups is 1. The summed E-state index contributed by atoms with van der Waals surface area (Å²) in [6.07, 6.45) is -2.22. The normalized spacial score (nSPS) is 15.4. The molecule has 0 spiro atoms. The number of fused-ring (bicyclic) bond motifs is 1. The zero-order chi connectivity index (χ0) is 28.1. The predicted octanol–water partition coefficient (Wildman–Crippen LogP) is 4.50. The van der Waals surface area contributed by atoms with E-state index in [2.05, 4.69) is 4.98 Å². The zero-order valence-corrected chi connectivity index (χ0v) is 21.7. The third kappa shape index (κ3) is 6.76. The van der Waals surface area contributed by atoms with Crippen molar-refractivity contribution >= 4 is 27.8 Å². The summed E-state index contributed by atoms with van der Waals surface area (Å²) in [4.78, 5) is 13.9. The second kappa shape index (κ2) is 12.0. The van der Waals surface area contributed by atoms with Gasteiger partial charge in [-0.05, 0) is 43.0 Å². The molecule has 3 rings (SSSR count). The van der Waals surface area contributed by atoms with Crippen LogP contribution < -0.4 is 13.8 Å². The largest absolute Gasteiger partial charge is 0.486 e. The number of benzene rings is 1. The van der Waals surface area contributed by atoms with Crippen molar-refractivity contribution in [2.75, 3.05) is 24.1 Å². The molecular formula is C25H29F3N2O7S. The standard InChI is InChI=1S/C25H29F3N2O7S/c1-3-16(4-2)11-17-5-7-21-20(12-17)30(15-19(37-21)6-8-23(32)33)38(34,35)22-13-18(25(26,27)28)14-29-24(22)36-10-9-31/h5,7,11-14,19,31H,3-4,6,8-10,15H2,1-2H3,(H,32,33). The lowest BCUT2D eigenvalue weighted by Crippen LogP contribution is -2.44. The number of pyridine rings is 1. The molecule has 2 heterocycles.